The van der Waals surface area contributed by atoms with Gasteiger partial charge in [0.25, 0.3) is 0 Å². The van der Waals surface area contributed by atoms with Crippen LogP contribution in [0.4, 0.5) is 0 Å². The van der Waals surface area contributed by atoms with Gasteiger partial charge in [-0.2, -0.15) is 0 Å². The van der Waals surface area contributed by atoms with Gasteiger partial charge in [-0.3, -0.25) is 0 Å². The Balaban J connectivity index is 1.35. The molecule has 142 valence electrons. The van der Waals surface area contributed by atoms with Crippen molar-refractivity contribution in [3.8, 4) is 45.0 Å². The molecular formula is C26H18N4. The zero-order valence-electron chi connectivity index (χ0n) is 16.2. The third-order valence-corrected chi connectivity index (χ3v) is 4.98. The van der Waals surface area contributed by atoms with Gasteiger partial charge in [-0.25, -0.2) is 0 Å². The van der Waals surface area contributed by atoms with E-state index in [0.29, 0.717) is 11.6 Å². The van der Waals surface area contributed by atoms with E-state index in [9.17, 15) is 0 Å². The summed E-state index contributed by atoms with van der Waals surface area (Å²) < 4.78 is 0. The standard InChI is InChI=1S/C26H18N4/c1-3-7-19(8-4-1)21-11-15-23(16-12-21)25-27-29-26(30-28-25)24-17-13-22(14-18-24)20-9-5-2-6-10-20/h1-18H. The first-order valence-electron chi connectivity index (χ1n) is 9.76. The fraction of sp³-hybridized carbons (Fsp3) is 0. The van der Waals surface area contributed by atoms with Crippen molar-refractivity contribution in [3.63, 3.8) is 0 Å². The lowest BCUT2D eigenvalue weighted by Gasteiger charge is -2.05. The van der Waals surface area contributed by atoms with Gasteiger partial charge in [0.2, 0.25) is 11.6 Å². The maximum Gasteiger partial charge on any atom is 0.203 e. The van der Waals surface area contributed by atoms with Crippen LogP contribution in [-0.2, 0) is 0 Å². The van der Waals surface area contributed by atoms with Gasteiger partial charge in [0.15, 0.2) is 0 Å². The Morgan fingerprint density at radius 1 is 0.267 bits per heavy atom. The maximum absolute atomic E-state index is 4.28. The minimum atomic E-state index is 0.513. The number of aromatic nitrogens is 4. The zero-order valence-corrected chi connectivity index (χ0v) is 16.2. The van der Waals surface area contributed by atoms with Gasteiger partial charge < -0.3 is 0 Å². The van der Waals surface area contributed by atoms with Gasteiger partial charge in [-0.15, -0.1) is 20.4 Å². The normalized spacial score (nSPS) is 10.7. The van der Waals surface area contributed by atoms with Crippen LogP contribution in [0.2, 0.25) is 0 Å². The van der Waals surface area contributed by atoms with Gasteiger partial charge in [-0.05, 0) is 22.3 Å². The first kappa shape index (κ1) is 17.9. The van der Waals surface area contributed by atoms with E-state index in [1.54, 1.807) is 0 Å². The monoisotopic (exact) mass is 386 g/mol. The molecule has 0 aliphatic rings. The number of benzene rings is 4. The summed E-state index contributed by atoms with van der Waals surface area (Å²) in [5.41, 5.74) is 6.43. The zero-order chi connectivity index (χ0) is 20.2. The number of rotatable bonds is 4. The number of hydrogen-bond donors (Lipinski definition) is 0. The molecule has 0 aliphatic heterocycles. The molecule has 0 unspecified atom stereocenters. The van der Waals surface area contributed by atoms with Crippen LogP contribution in [0.5, 0.6) is 0 Å². The molecule has 0 spiro atoms. The quantitative estimate of drug-likeness (QED) is 0.384. The molecular weight excluding hydrogens is 368 g/mol. The Labute approximate surface area is 174 Å². The van der Waals surface area contributed by atoms with Gasteiger partial charge in [0, 0.05) is 11.1 Å². The van der Waals surface area contributed by atoms with Gasteiger partial charge >= 0.3 is 0 Å². The van der Waals surface area contributed by atoms with Crippen LogP contribution in [0, 0.1) is 0 Å². The Kier molecular flexibility index (Phi) is 4.80. The predicted octanol–water partition coefficient (Wildman–Crippen LogP) is 5.93. The van der Waals surface area contributed by atoms with Crippen molar-refractivity contribution < 1.29 is 0 Å². The summed E-state index contributed by atoms with van der Waals surface area (Å²) in [7, 11) is 0. The molecule has 30 heavy (non-hydrogen) atoms. The summed E-state index contributed by atoms with van der Waals surface area (Å²) >= 11 is 0. The van der Waals surface area contributed by atoms with Crippen LogP contribution in [0.3, 0.4) is 0 Å². The molecule has 1 aromatic heterocycles. The Morgan fingerprint density at radius 2 is 0.533 bits per heavy atom. The second kappa shape index (κ2) is 8.05. The van der Waals surface area contributed by atoms with Crippen LogP contribution in [0.25, 0.3) is 45.0 Å². The highest BCUT2D eigenvalue weighted by molar-refractivity contribution is 5.69. The molecule has 0 aliphatic carbocycles. The summed E-state index contributed by atoms with van der Waals surface area (Å²) in [5.74, 6) is 1.03. The SMILES string of the molecule is c1ccc(-c2ccc(-c3nnc(-c4ccc(-c5ccccc5)cc4)nn3)cc2)cc1. The van der Waals surface area contributed by atoms with Crippen LogP contribution in [0.15, 0.2) is 109 Å². The third-order valence-electron chi connectivity index (χ3n) is 4.98. The van der Waals surface area contributed by atoms with Crippen molar-refractivity contribution in [2.24, 2.45) is 0 Å². The van der Waals surface area contributed by atoms with Crippen molar-refractivity contribution in [1.82, 2.24) is 20.4 Å². The summed E-state index contributed by atoms with van der Waals surface area (Å²) in [6.07, 6.45) is 0. The molecule has 0 radical (unpaired) electrons. The summed E-state index contributed by atoms with van der Waals surface area (Å²) in [6, 6.07) is 36.7. The van der Waals surface area contributed by atoms with E-state index in [4.69, 9.17) is 0 Å². The Morgan fingerprint density at radius 3 is 0.867 bits per heavy atom. The summed E-state index contributed by atoms with van der Waals surface area (Å²) in [5, 5.41) is 17.1. The number of hydrogen-bond acceptors (Lipinski definition) is 4. The molecule has 4 aromatic carbocycles. The van der Waals surface area contributed by atoms with Crippen LogP contribution in [0.1, 0.15) is 0 Å². The van der Waals surface area contributed by atoms with E-state index < -0.39 is 0 Å². The van der Waals surface area contributed by atoms with Crippen LogP contribution in [-0.4, -0.2) is 20.4 Å². The lowest BCUT2D eigenvalue weighted by atomic mass is 10.0. The Bertz CT molecular complexity index is 1130. The molecule has 5 rings (SSSR count). The summed E-state index contributed by atoms with van der Waals surface area (Å²) in [4.78, 5) is 0. The van der Waals surface area contributed by atoms with Crippen molar-refractivity contribution >= 4 is 0 Å². The molecule has 0 saturated heterocycles. The van der Waals surface area contributed by atoms with E-state index in [0.717, 1.165) is 22.3 Å². The Hall–Kier alpha value is -4.18. The highest BCUT2D eigenvalue weighted by Gasteiger charge is 2.08. The fourth-order valence-electron chi connectivity index (χ4n) is 3.35. The van der Waals surface area contributed by atoms with Crippen LogP contribution >= 0.6 is 0 Å². The minimum absolute atomic E-state index is 0.513. The second-order valence-electron chi connectivity index (χ2n) is 6.93. The van der Waals surface area contributed by atoms with Crippen molar-refractivity contribution in [2.75, 3.05) is 0 Å². The average Bonchev–Trinajstić information content (AvgIpc) is 2.85. The molecule has 4 heteroatoms. The van der Waals surface area contributed by atoms with Gasteiger partial charge in [0.1, 0.15) is 0 Å². The molecule has 0 atom stereocenters. The van der Waals surface area contributed by atoms with Gasteiger partial charge in [-0.1, -0.05) is 109 Å². The van der Waals surface area contributed by atoms with E-state index in [1.807, 2.05) is 60.7 Å². The average molecular weight is 386 g/mol. The van der Waals surface area contributed by atoms with Crippen molar-refractivity contribution in [3.05, 3.63) is 109 Å². The van der Waals surface area contributed by atoms with Crippen molar-refractivity contribution in [1.29, 1.82) is 0 Å². The second-order valence-corrected chi connectivity index (χ2v) is 6.93. The minimum Gasteiger partial charge on any atom is -0.126 e. The van der Waals surface area contributed by atoms with Crippen LogP contribution < -0.4 is 0 Å². The van der Waals surface area contributed by atoms with E-state index in [-0.39, 0.29) is 0 Å². The smallest absolute Gasteiger partial charge is 0.126 e. The molecule has 1 heterocycles. The molecule has 0 bridgehead atoms. The third kappa shape index (κ3) is 3.71. The molecule has 0 saturated carbocycles. The highest BCUT2D eigenvalue weighted by atomic mass is 15.3. The van der Waals surface area contributed by atoms with E-state index in [1.165, 1.54) is 11.1 Å². The molecule has 0 N–H and O–H groups in total. The largest absolute Gasteiger partial charge is 0.203 e. The van der Waals surface area contributed by atoms with E-state index in [2.05, 4.69) is 68.9 Å². The lowest BCUT2D eigenvalue weighted by molar-refractivity contribution is 0.876. The van der Waals surface area contributed by atoms with E-state index >= 15 is 0 Å². The lowest BCUT2D eigenvalue weighted by Crippen LogP contribution is -1.99. The predicted molar refractivity (Wildman–Crippen MR) is 119 cm³/mol. The summed E-state index contributed by atoms with van der Waals surface area (Å²) in [6.45, 7) is 0. The highest BCUT2D eigenvalue weighted by Crippen LogP contribution is 2.24. The topological polar surface area (TPSA) is 51.6 Å². The van der Waals surface area contributed by atoms with Crippen molar-refractivity contribution in [2.45, 2.75) is 0 Å². The molecule has 0 amide bonds. The number of nitrogens with zero attached hydrogens (tertiary/aromatic N) is 4. The first-order valence-corrected chi connectivity index (χ1v) is 9.76. The fourth-order valence-corrected chi connectivity index (χ4v) is 3.35. The molecule has 0 fully saturated rings. The first-order chi connectivity index (χ1) is 14.9. The van der Waals surface area contributed by atoms with Gasteiger partial charge in [0.05, 0.1) is 0 Å². The molecule has 4 nitrogen and oxygen atoms in total. The maximum atomic E-state index is 4.28. The molecule has 5 aromatic rings.